The first-order valence-corrected chi connectivity index (χ1v) is 8.26. The van der Waals surface area contributed by atoms with Gasteiger partial charge in [-0.1, -0.05) is 24.3 Å². The molecule has 1 fully saturated rings. The summed E-state index contributed by atoms with van der Waals surface area (Å²) in [6.07, 6.45) is 0. The largest absolute Gasteiger partial charge is 0.380 e. The van der Waals surface area contributed by atoms with Crippen molar-refractivity contribution in [3.05, 3.63) is 35.4 Å². The zero-order valence-electron chi connectivity index (χ0n) is 13.8. The molecule has 1 aromatic carbocycles. The molecular weight excluding hydrogens is 294 g/mol. The minimum absolute atomic E-state index is 0.161. The third kappa shape index (κ3) is 6.56. The number of nitrogens with one attached hydrogen (secondary N) is 2. The molecule has 0 saturated carbocycles. The van der Waals surface area contributed by atoms with Gasteiger partial charge in [-0.05, 0) is 18.1 Å². The van der Waals surface area contributed by atoms with Crippen molar-refractivity contribution in [1.82, 2.24) is 15.5 Å². The maximum atomic E-state index is 11.8. The number of nitrogens with zero attached hydrogens (tertiary/aromatic N) is 1. The number of urea groups is 1. The summed E-state index contributed by atoms with van der Waals surface area (Å²) in [4.78, 5) is 14.2. The van der Waals surface area contributed by atoms with Crippen LogP contribution in [0.15, 0.2) is 24.3 Å². The fourth-order valence-electron chi connectivity index (χ4n) is 2.50. The second-order valence-electron chi connectivity index (χ2n) is 5.46. The topological polar surface area (TPSA) is 62.8 Å². The van der Waals surface area contributed by atoms with Gasteiger partial charge < -0.3 is 20.1 Å². The number of rotatable bonds is 8. The molecule has 1 aliphatic rings. The van der Waals surface area contributed by atoms with Crippen LogP contribution in [0.1, 0.15) is 18.1 Å². The molecule has 0 aromatic heterocycles. The molecule has 128 valence electrons. The molecule has 0 radical (unpaired) electrons. The van der Waals surface area contributed by atoms with Crippen molar-refractivity contribution in [3.63, 3.8) is 0 Å². The third-order valence-corrected chi connectivity index (χ3v) is 3.79. The normalized spacial score (nSPS) is 15.3. The summed E-state index contributed by atoms with van der Waals surface area (Å²) < 4.78 is 10.6. The first kappa shape index (κ1) is 17.7. The maximum absolute atomic E-state index is 11.8. The van der Waals surface area contributed by atoms with Crippen molar-refractivity contribution in [2.24, 2.45) is 0 Å². The Morgan fingerprint density at radius 3 is 2.70 bits per heavy atom. The zero-order valence-corrected chi connectivity index (χ0v) is 13.8. The van der Waals surface area contributed by atoms with E-state index in [4.69, 9.17) is 9.47 Å². The van der Waals surface area contributed by atoms with Gasteiger partial charge in [0.2, 0.25) is 0 Å². The molecule has 2 amide bonds. The molecule has 2 N–H and O–H groups in total. The van der Waals surface area contributed by atoms with E-state index in [-0.39, 0.29) is 6.03 Å². The van der Waals surface area contributed by atoms with Crippen LogP contribution < -0.4 is 10.6 Å². The van der Waals surface area contributed by atoms with E-state index in [1.165, 1.54) is 5.56 Å². The number of amides is 2. The average Bonchev–Trinajstić information content (AvgIpc) is 2.59. The monoisotopic (exact) mass is 321 g/mol. The number of hydrogen-bond donors (Lipinski definition) is 2. The Morgan fingerprint density at radius 1 is 1.22 bits per heavy atom. The smallest absolute Gasteiger partial charge is 0.315 e. The predicted molar refractivity (Wildman–Crippen MR) is 89.3 cm³/mol. The molecule has 23 heavy (non-hydrogen) atoms. The zero-order chi connectivity index (χ0) is 16.3. The maximum Gasteiger partial charge on any atom is 0.315 e. The molecule has 1 saturated heterocycles. The van der Waals surface area contributed by atoms with E-state index in [1.54, 1.807) is 0 Å². The standard InChI is InChI=1S/C17H27N3O3/c1-2-22-10-7-18-17(21)19-13-15-5-3-4-6-16(15)14-20-8-11-23-12-9-20/h3-6H,2,7-14H2,1H3,(H2,18,19,21). The molecule has 0 unspecified atom stereocenters. The van der Waals surface area contributed by atoms with Gasteiger partial charge in [0.1, 0.15) is 0 Å². The highest BCUT2D eigenvalue weighted by Crippen LogP contribution is 2.12. The van der Waals surface area contributed by atoms with Gasteiger partial charge in [-0.2, -0.15) is 0 Å². The van der Waals surface area contributed by atoms with Crippen LogP contribution in [-0.4, -0.2) is 57.0 Å². The van der Waals surface area contributed by atoms with Crippen molar-refractivity contribution >= 4 is 6.03 Å². The number of morpholine rings is 1. The minimum Gasteiger partial charge on any atom is -0.380 e. The molecule has 6 nitrogen and oxygen atoms in total. The Hall–Kier alpha value is -1.63. The van der Waals surface area contributed by atoms with Crippen LogP contribution in [0.25, 0.3) is 0 Å². The lowest BCUT2D eigenvalue weighted by Gasteiger charge is -2.27. The lowest BCUT2D eigenvalue weighted by Crippen LogP contribution is -2.38. The molecule has 0 aliphatic carbocycles. The third-order valence-electron chi connectivity index (χ3n) is 3.79. The van der Waals surface area contributed by atoms with Gasteiger partial charge in [0.25, 0.3) is 0 Å². The van der Waals surface area contributed by atoms with Gasteiger partial charge in [-0.3, -0.25) is 4.90 Å². The molecule has 1 aliphatic heterocycles. The van der Waals surface area contributed by atoms with Crippen LogP contribution in [0.3, 0.4) is 0 Å². The SMILES string of the molecule is CCOCCNC(=O)NCc1ccccc1CN1CCOCC1. The second kappa shape index (κ2) is 10.2. The Balaban J connectivity index is 1.79. The molecular formula is C17H27N3O3. The van der Waals surface area contributed by atoms with E-state index in [0.717, 1.165) is 38.4 Å². The second-order valence-corrected chi connectivity index (χ2v) is 5.46. The summed E-state index contributed by atoms with van der Waals surface area (Å²) in [6.45, 7) is 8.59. The number of benzene rings is 1. The lowest BCUT2D eigenvalue weighted by molar-refractivity contribution is 0.0341. The molecule has 0 spiro atoms. The summed E-state index contributed by atoms with van der Waals surface area (Å²) in [5, 5.41) is 5.69. The molecule has 0 bridgehead atoms. The highest BCUT2D eigenvalue weighted by Gasteiger charge is 2.12. The van der Waals surface area contributed by atoms with E-state index in [2.05, 4.69) is 27.7 Å². The van der Waals surface area contributed by atoms with Gasteiger partial charge in [0.05, 0.1) is 19.8 Å². The summed E-state index contributed by atoms with van der Waals surface area (Å²) >= 11 is 0. The van der Waals surface area contributed by atoms with Crippen molar-refractivity contribution in [1.29, 1.82) is 0 Å². The molecule has 1 heterocycles. The van der Waals surface area contributed by atoms with Crippen LogP contribution in [0.4, 0.5) is 4.79 Å². The van der Waals surface area contributed by atoms with Gasteiger partial charge in [0, 0.05) is 39.3 Å². The first-order chi connectivity index (χ1) is 11.3. The molecule has 0 atom stereocenters. The Morgan fingerprint density at radius 2 is 1.96 bits per heavy atom. The van der Waals surface area contributed by atoms with Crippen LogP contribution in [0.2, 0.25) is 0 Å². The number of carbonyl (C=O) groups excluding carboxylic acids is 1. The minimum atomic E-state index is -0.161. The summed E-state index contributed by atoms with van der Waals surface area (Å²) in [5.74, 6) is 0. The summed E-state index contributed by atoms with van der Waals surface area (Å²) in [7, 11) is 0. The lowest BCUT2D eigenvalue weighted by atomic mass is 10.1. The predicted octanol–water partition coefficient (Wildman–Crippen LogP) is 1.35. The number of carbonyl (C=O) groups is 1. The van der Waals surface area contributed by atoms with Crippen LogP contribution in [-0.2, 0) is 22.6 Å². The average molecular weight is 321 g/mol. The van der Waals surface area contributed by atoms with Crippen LogP contribution in [0, 0.1) is 0 Å². The van der Waals surface area contributed by atoms with Gasteiger partial charge >= 0.3 is 6.03 Å². The Bertz CT molecular complexity index is 476. The summed E-state index contributed by atoms with van der Waals surface area (Å²) in [5.41, 5.74) is 2.41. The fraction of sp³-hybridized carbons (Fsp3) is 0.588. The van der Waals surface area contributed by atoms with E-state index in [0.29, 0.717) is 26.3 Å². The summed E-state index contributed by atoms with van der Waals surface area (Å²) in [6, 6.07) is 8.08. The Kier molecular flexibility index (Phi) is 7.86. The quantitative estimate of drug-likeness (QED) is 0.710. The van der Waals surface area contributed by atoms with Crippen LogP contribution >= 0.6 is 0 Å². The van der Waals surface area contributed by atoms with Crippen LogP contribution in [0.5, 0.6) is 0 Å². The van der Waals surface area contributed by atoms with E-state index >= 15 is 0 Å². The fourth-order valence-corrected chi connectivity index (χ4v) is 2.50. The molecule has 6 heteroatoms. The molecule has 2 rings (SSSR count). The van der Waals surface area contributed by atoms with E-state index in [1.807, 2.05) is 19.1 Å². The van der Waals surface area contributed by atoms with E-state index in [9.17, 15) is 4.79 Å². The van der Waals surface area contributed by atoms with Crippen molar-refractivity contribution < 1.29 is 14.3 Å². The van der Waals surface area contributed by atoms with Gasteiger partial charge in [0.15, 0.2) is 0 Å². The van der Waals surface area contributed by atoms with Crippen molar-refractivity contribution in [2.75, 3.05) is 46.1 Å². The van der Waals surface area contributed by atoms with Crippen molar-refractivity contribution in [2.45, 2.75) is 20.0 Å². The highest BCUT2D eigenvalue weighted by atomic mass is 16.5. The van der Waals surface area contributed by atoms with Crippen molar-refractivity contribution in [3.8, 4) is 0 Å². The highest BCUT2D eigenvalue weighted by molar-refractivity contribution is 5.73. The Labute approximate surface area is 138 Å². The van der Waals surface area contributed by atoms with E-state index < -0.39 is 0 Å². The number of hydrogen-bond acceptors (Lipinski definition) is 4. The van der Waals surface area contributed by atoms with Gasteiger partial charge in [-0.15, -0.1) is 0 Å². The van der Waals surface area contributed by atoms with Gasteiger partial charge in [-0.25, -0.2) is 4.79 Å². The first-order valence-electron chi connectivity index (χ1n) is 8.26. The number of ether oxygens (including phenoxy) is 2. The molecule has 1 aromatic rings.